The van der Waals surface area contributed by atoms with Crippen LogP contribution in [0.15, 0.2) is 18.2 Å². The zero-order valence-electron chi connectivity index (χ0n) is 10.8. The molecule has 0 fully saturated rings. The van der Waals surface area contributed by atoms with E-state index < -0.39 is 5.82 Å². The Hall–Kier alpha value is -1.42. The molecule has 100 valence electrons. The standard InChI is InChI=1S/C14H21FN2O/c1-11-7-8-12(15)13(10-11)17-14(18)6-4-2-3-5-9-16/h7-8,10H,2-6,9,16H2,1H3,(H,17,18). The minimum absolute atomic E-state index is 0.132. The first-order valence-corrected chi connectivity index (χ1v) is 6.39. The van der Waals surface area contributed by atoms with Crippen molar-refractivity contribution in [1.29, 1.82) is 0 Å². The summed E-state index contributed by atoms with van der Waals surface area (Å²) in [6, 6.07) is 4.69. The minimum Gasteiger partial charge on any atom is -0.330 e. The Morgan fingerprint density at radius 2 is 2.00 bits per heavy atom. The second-order valence-electron chi connectivity index (χ2n) is 4.48. The van der Waals surface area contributed by atoms with Crippen LogP contribution in [-0.4, -0.2) is 12.5 Å². The molecule has 1 aromatic rings. The summed E-state index contributed by atoms with van der Waals surface area (Å²) in [5, 5.41) is 2.60. The quantitative estimate of drug-likeness (QED) is 0.733. The fraction of sp³-hybridized carbons (Fsp3) is 0.500. The number of anilines is 1. The molecule has 1 amide bonds. The van der Waals surface area contributed by atoms with Gasteiger partial charge in [0, 0.05) is 6.42 Å². The van der Waals surface area contributed by atoms with Crippen LogP contribution in [0.5, 0.6) is 0 Å². The molecule has 0 unspecified atom stereocenters. The van der Waals surface area contributed by atoms with Gasteiger partial charge in [-0.3, -0.25) is 4.79 Å². The van der Waals surface area contributed by atoms with E-state index >= 15 is 0 Å². The molecule has 0 bridgehead atoms. The molecule has 18 heavy (non-hydrogen) atoms. The van der Waals surface area contributed by atoms with Crippen LogP contribution in [0.2, 0.25) is 0 Å². The van der Waals surface area contributed by atoms with Crippen molar-refractivity contribution < 1.29 is 9.18 Å². The first kappa shape index (κ1) is 14.6. The van der Waals surface area contributed by atoms with Crippen molar-refractivity contribution in [2.24, 2.45) is 5.73 Å². The number of nitrogens with two attached hydrogens (primary N) is 1. The Morgan fingerprint density at radius 3 is 2.72 bits per heavy atom. The Kier molecular flexibility index (Phi) is 6.36. The van der Waals surface area contributed by atoms with Gasteiger partial charge in [-0.05, 0) is 44.0 Å². The van der Waals surface area contributed by atoms with E-state index in [9.17, 15) is 9.18 Å². The number of carbonyl (C=O) groups is 1. The van der Waals surface area contributed by atoms with Gasteiger partial charge in [0.25, 0.3) is 0 Å². The van der Waals surface area contributed by atoms with Crippen LogP contribution in [0.4, 0.5) is 10.1 Å². The zero-order valence-corrected chi connectivity index (χ0v) is 10.8. The molecule has 1 aromatic carbocycles. The molecule has 0 aliphatic rings. The third-order valence-corrected chi connectivity index (χ3v) is 2.75. The van der Waals surface area contributed by atoms with Gasteiger partial charge in [-0.25, -0.2) is 4.39 Å². The number of nitrogens with one attached hydrogen (secondary N) is 1. The average molecular weight is 252 g/mol. The average Bonchev–Trinajstić information content (AvgIpc) is 2.33. The molecule has 0 aromatic heterocycles. The largest absolute Gasteiger partial charge is 0.330 e. The second kappa shape index (κ2) is 7.82. The van der Waals surface area contributed by atoms with Gasteiger partial charge in [-0.2, -0.15) is 0 Å². The Morgan fingerprint density at radius 1 is 1.28 bits per heavy atom. The zero-order chi connectivity index (χ0) is 13.4. The van der Waals surface area contributed by atoms with Crippen LogP contribution in [0.25, 0.3) is 0 Å². The molecule has 0 aliphatic carbocycles. The highest BCUT2D eigenvalue weighted by molar-refractivity contribution is 5.90. The Bertz CT molecular complexity index is 393. The smallest absolute Gasteiger partial charge is 0.224 e. The summed E-state index contributed by atoms with van der Waals surface area (Å²) in [6.07, 6.45) is 4.27. The summed E-state index contributed by atoms with van der Waals surface area (Å²) in [4.78, 5) is 11.6. The summed E-state index contributed by atoms with van der Waals surface area (Å²) < 4.78 is 13.4. The number of aryl methyl sites for hydroxylation is 1. The van der Waals surface area contributed by atoms with E-state index in [1.54, 1.807) is 12.1 Å². The third kappa shape index (κ3) is 5.27. The highest BCUT2D eigenvalue weighted by Gasteiger charge is 2.06. The highest BCUT2D eigenvalue weighted by Crippen LogP contribution is 2.16. The van der Waals surface area contributed by atoms with Crippen molar-refractivity contribution >= 4 is 11.6 Å². The fourth-order valence-electron chi connectivity index (χ4n) is 1.73. The molecule has 3 N–H and O–H groups in total. The van der Waals surface area contributed by atoms with Gasteiger partial charge in [0.15, 0.2) is 0 Å². The van der Waals surface area contributed by atoms with Gasteiger partial charge < -0.3 is 11.1 Å². The number of amides is 1. The van der Waals surface area contributed by atoms with E-state index in [2.05, 4.69) is 5.32 Å². The number of rotatable bonds is 7. The van der Waals surface area contributed by atoms with Gasteiger partial charge in [0.05, 0.1) is 5.69 Å². The van der Waals surface area contributed by atoms with Gasteiger partial charge in [-0.15, -0.1) is 0 Å². The Balaban J connectivity index is 2.33. The molecule has 0 heterocycles. The van der Waals surface area contributed by atoms with Crippen LogP contribution in [0, 0.1) is 12.7 Å². The Labute approximate surface area is 108 Å². The van der Waals surface area contributed by atoms with Gasteiger partial charge in [-0.1, -0.05) is 18.9 Å². The molecule has 0 spiro atoms. The molecule has 4 heteroatoms. The van der Waals surface area contributed by atoms with Crippen molar-refractivity contribution in [3.8, 4) is 0 Å². The molecule has 0 aliphatic heterocycles. The molecular formula is C14H21FN2O. The second-order valence-corrected chi connectivity index (χ2v) is 4.48. The molecule has 0 radical (unpaired) electrons. The fourth-order valence-corrected chi connectivity index (χ4v) is 1.73. The summed E-state index contributed by atoms with van der Waals surface area (Å²) in [7, 11) is 0. The number of benzene rings is 1. The van der Waals surface area contributed by atoms with E-state index in [0.29, 0.717) is 13.0 Å². The molecular weight excluding hydrogens is 231 g/mol. The maximum absolute atomic E-state index is 13.4. The number of unbranched alkanes of at least 4 members (excludes halogenated alkanes) is 3. The van der Waals surface area contributed by atoms with E-state index in [1.807, 2.05) is 6.92 Å². The SMILES string of the molecule is Cc1ccc(F)c(NC(=O)CCCCCCN)c1. The van der Waals surface area contributed by atoms with Crippen molar-refractivity contribution in [3.63, 3.8) is 0 Å². The topological polar surface area (TPSA) is 55.1 Å². The lowest BCUT2D eigenvalue weighted by Crippen LogP contribution is -2.12. The summed E-state index contributed by atoms with van der Waals surface area (Å²) in [6.45, 7) is 2.56. The molecule has 0 saturated carbocycles. The maximum atomic E-state index is 13.4. The first-order chi connectivity index (χ1) is 8.63. The van der Waals surface area contributed by atoms with Crippen LogP contribution in [-0.2, 0) is 4.79 Å². The number of carbonyl (C=O) groups excluding carboxylic acids is 1. The number of halogens is 1. The highest BCUT2D eigenvalue weighted by atomic mass is 19.1. The predicted molar refractivity (Wildman–Crippen MR) is 71.9 cm³/mol. The van der Waals surface area contributed by atoms with E-state index in [0.717, 1.165) is 31.2 Å². The normalized spacial score (nSPS) is 10.4. The van der Waals surface area contributed by atoms with Crippen LogP contribution < -0.4 is 11.1 Å². The maximum Gasteiger partial charge on any atom is 0.224 e. The monoisotopic (exact) mass is 252 g/mol. The summed E-state index contributed by atoms with van der Waals surface area (Å²) in [5.74, 6) is -0.524. The van der Waals surface area contributed by atoms with Gasteiger partial charge in [0.2, 0.25) is 5.91 Å². The lowest BCUT2D eigenvalue weighted by molar-refractivity contribution is -0.116. The lowest BCUT2D eigenvalue weighted by Gasteiger charge is -2.07. The molecule has 0 atom stereocenters. The lowest BCUT2D eigenvalue weighted by atomic mass is 10.1. The number of hydrogen-bond donors (Lipinski definition) is 2. The van der Waals surface area contributed by atoms with Crippen LogP contribution in [0.3, 0.4) is 0 Å². The van der Waals surface area contributed by atoms with Crippen LogP contribution >= 0.6 is 0 Å². The van der Waals surface area contributed by atoms with Gasteiger partial charge in [0.1, 0.15) is 5.82 Å². The van der Waals surface area contributed by atoms with E-state index in [1.165, 1.54) is 6.07 Å². The van der Waals surface area contributed by atoms with Crippen molar-refractivity contribution in [2.75, 3.05) is 11.9 Å². The molecule has 1 rings (SSSR count). The van der Waals surface area contributed by atoms with Crippen LogP contribution in [0.1, 0.15) is 37.7 Å². The van der Waals surface area contributed by atoms with Crippen molar-refractivity contribution in [2.45, 2.75) is 39.0 Å². The first-order valence-electron chi connectivity index (χ1n) is 6.39. The minimum atomic E-state index is -0.392. The predicted octanol–water partition coefficient (Wildman–Crippen LogP) is 2.98. The molecule has 0 saturated heterocycles. The molecule has 3 nitrogen and oxygen atoms in total. The van der Waals surface area contributed by atoms with E-state index in [4.69, 9.17) is 5.73 Å². The van der Waals surface area contributed by atoms with Gasteiger partial charge >= 0.3 is 0 Å². The summed E-state index contributed by atoms with van der Waals surface area (Å²) in [5.41, 5.74) is 6.57. The third-order valence-electron chi connectivity index (χ3n) is 2.75. The number of hydrogen-bond acceptors (Lipinski definition) is 2. The summed E-state index contributed by atoms with van der Waals surface area (Å²) >= 11 is 0. The van der Waals surface area contributed by atoms with E-state index in [-0.39, 0.29) is 11.6 Å². The van der Waals surface area contributed by atoms with Crippen molar-refractivity contribution in [3.05, 3.63) is 29.6 Å². The van der Waals surface area contributed by atoms with Crippen molar-refractivity contribution in [1.82, 2.24) is 0 Å².